The number of amides is 1. The first-order valence-electron chi connectivity index (χ1n) is 12.4. The van der Waals surface area contributed by atoms with E-state index in [1.807, 2.05) is 0 Å². The Kier molecular flexibility index (Phi) is 8.18. The minimum Gasteiger partial charge on any atom is -0.381 e. The van der Waals surface area contributed by atoms with E-state index in [0.29, 0.717) is 36.8 Å². The third-order valence-electron chi connectivity index (χ3n) is 7.78. The minimum absolute atomic E-state index is 0.0280. The van der Waals surface area contributed by atoms with Crippen molar-refractivity contribution < 1.29 is 13.9 Å². The quantitative estimate of drug-likeness (QED) is 0.392. The van der Waals surface area contributed by atoms with Crippen LogP contribution in [0.2, 0.25) is 0 Å². The maximum Gasteiger partial charge on any atom is 0.229 e. The number of hydrazine groups is 1. The first-order chi connectivity index (χ1) is 15.1. The van der Waals surface area contributed by atoms with E-state index in [0.717, 1.165) is 57.8 Å². The molecule has 4 rings (SSSR count). The lowest BCUT2D eigenvalue weighted by Crippen LogP contribution is -2.48. The van der Waals surface area contributed by atoms with Gasteiger partial charge < -0.3 is 10.1 Å². The van der Waals surface area contributed by atoms with Crippen molar-refractivity contribution in [3.8, 4) is 0 Å². The molecular weight excluding hydrogens is 397 g/mol. The summed E-state index contributed by atoms with van der Waals surface area (Å²) in [4.78, 5) is 17.8. The number of methoxy groups -OCH3 is 1. The summed E-state index contributed by atoms with van der Waals surface area (Å²) in [7, 11) is 1.75. The Morgan fingerprint density at radius 3 is 2.35 bits per heavy atom. The Balaban J connectivity index is 1.34. The van der Waals surface area contributed by atoms with Gasteiger partial charge in [-0.3, -0.25) is 15.5 Å². The highest BCUT2D eigenvalue weighted by Crippen LogP contribution is 2.31. The van der Waals surface area contributed by atoms with E-state index in [4.69, 9.17) is 9.73 Å². The number of nitrogens with one attached hydrogen (secondary N) is 4. The highest BCUT2D eigenvalue weighted by atomic mass is 19.1. The molecule has 3 aliphatic carbocycles. The van der Waals surface area contributed by atoms with Crippen molar-refractivity contribution in [2.45, 2.75) is 114 Å². The molecular formula is C23H40FN5O2. The van der Waals surface area contributed by atoms with Gasteiger partial charge in [-0.2, -0.15) is 0 Å². The fourth-order valence-electron chi connectivity index (χ4n) is 5.74. The van der Waals surface area contributed by atoms with E-state index in [-0.39, 0.29) is 24.1 Å². The Hall–Kier alpha value is -1.25. The smallest absolute Gasteiger partial charge is 0.229 e. The molecule has 0 bridgehead atoms. The predicted octanol–water partition coefficient (Wildman–Crippen LogP) is 2.92. The van der Waals surface area contributed by atoms with E-state index >= 15 is 0 Å². The van der Waals surface area contributed by atoms with Crippen LogP contribution in [0, 0.1) is 11.8 Å². The Labute approximate surface area is 185 Å². The lowest BCUT2D eigenvalue weighted by Gasteiger charge is -2.28. The number of nitrogens with zero attached hydrogens (tertiary/aromatic N) is 1. The van der Waals surface area contributed by atoms with Gasteiger partial charge in [-0.15, -0.1) is 0 Å². The van der Waals surface area contributed by atoms with E-state index in [9.17, 15) is 9.18 Å². The van der Waals surface area contributed by atoms with E-state index in [1.165, 1.54) is 12.8 Å². The van der Waals surface area contributed by atoms with Crippen molar-refractivity contribution in [3.63, 3.8) is 0 Å². The molecule has 1 amide bonds. The standard InChI is InChI=1S/C23H40FN5O2/c1-31-19-12-8-16(9-13-19)22(30)27-23(25-18-4-2-3-5-18)26-21-14-20(28-29-21)15-6-10-17(24)11-7-15/h15-21,28-29H,2-14H2,1H3,(H2,25,26,27,30). The van der Waals surface area contributed by atoms with Gasteiger partial charge in [0, 0.05) is 31.5 Å². The molecule has 4 aliphatic rings. The number of hydrogen-bond acceptors (Lipinski definition) is 5. The van der Waals surface area contributed by atoms with Crippen molar-refractivity contribution in [1.82, 2.24) is 21.5 Å². The number of rotatable bonds is 5. The van der Waals surface area contributed by atoms with Gasteiger partial charge >= 0.3 is 0 Å². The number of carbonyl (C=O) groups excluding carboxylic acids is 1. The SMILES string of the molecule is COC1CCC(C(=O)N/C(=N\C2CC(C3CCC(F)CC3)NN2)NC2CCCC2)CC1. The second kappa shape index (κ2) is 11.1. The number of alkyl halides is 1. The molecule has 2 unspecified atom stereocenters. The van der Waals surface area contributed by atoms with Crippen molar-refractivity contribution in [3.05, 3.63) is 0 Å². The third-order valence-corrected chi connectivity index (χ3v) is 7.78. The molecule has 3 saturated carbocycles. The van der Waals surface area contributed by atoms with Crippen LogP contribution in [0.15, 0.2) is 4.99 Å². The summed E-state index contributed by atoms with van der Waals surface area (Å²) in [5, 5.41) is 6.62. The topological polar surface area (TPSA) is 86.8 Å². The van der Waals surface area contributed by atoms with Gasteiger partial charge in [0.15, 0.2) is 5.96 Å². The average molecular weight is 438 g/mol. The highest BCUT2D eigenvalue weighted by molar-refractivity contribution is 5.98. The summed E-state index contributed by atoms with van der Waals surface area (Å²) in [5.41, 5.74) is 6.68. The maximum atomic E-state index is 13.5. The van der Waals surface area contributed by atoms with Gasteiger partial charge in [0.2, 0.25) is 5.91 Å². The van der Waals surface area contributed by atoms with E-state index in [1.54, 1.807) is 7.11 Å². The number of aliphatic imine (C=N–C) groups is 1. The summed E-state index contributed by atoms with van der Waals surface area (Å²) in [5.74, 6) is 1.21. The van der Waals surface area contributed by atoms with Gasteiger partial charge in [-0.05, 0) is 70.1 Å². The van der Waals surface area contributed by atoms with Crippen LogP contribution in [0.3, 0.4) is 0 Å². The molecule has 4 N–H and O–H groups in total. The fourth-order valence-corrected chi connectivity index (χ4v) is 5.74. The zero-order chi connectivity index (χ0) is 21.6. The van der Waals surface area contributed by atoms with Crippen LogP contribution in [-0.4, -0.2) is 49.5 Å². The van der Waals surface area contributed by atoms with Crippen LogP contribution in [0.1, 0.15) is 83.5 Å². The van der Waals surface area contributed by atoms with E-state index in [2.05, 4.69) is 21.5 Å². The van der Waals surface area contributed by atoms with Gasteiger partial charge in [0.25, 0.3) is 0 Å². The minimum atomic E-state index is -0.629. The normalized spacial score (nSPS) is 37.7. The summed E-state index contributed by atoms with van der Waals surface area (Å²) < 4.78 is 18.9. The monoisotopic (exact) mass is 437 g/mol. The number of halogens is 1. The molecule has 176 valence electrons. The van der Waals surface area contributed by atoms with Gasteiger partial charge in [-0.1, -0.05) is 12.8 Å². The molecule has 0 aromatic heterocycles. The van der Waals surface area contributed by atoms with Gasteiger partial charge in [0.05, 0.1) is 6.10 Å². The largest absolute Gasteiger partial charge is 0.381 e. The Morgan fingerprint density at radius 1 is 0.968 bits per heavy atom. The number of ether oxygens (including phenoxy) is 1. The third kappa shape index (κ3) is 6.39. The van der Waals surface area contributed by atoms with Crippen molar-refractivity contribution >= 4 is 11.9 Å². The molecule has 31 heavy (non-hydrogen) atoms. The Bertz CT molecular complexity index is 611. The molecule has 1 heterocycles. The molecule has 1 saturated heterocycles. The average Bonchev–Trinajstić information content (AvgIpc) is 3.46. The summed E-state index contributed by atoms with van der Waals surface area (Å²) in [6.45, 7) is 0. The molecule has 7 nitrogen and oxygen atoms in total. The second-order valence-corrected chi connectivity index (χ2v) is 9.96. The zero-order valence-electron chi connectivity index (χ0n) is 18.9. The first-order valence-corrected chi connectivity index (χ1v) is 12.4. The van der Waals surface area contributed by atoms with Crippen molar-refractivity contribution in [2.75, 3.05) is 7.11 Å². The molecule has 2 atom stereocenters. The maximum absolute atomic E-state index is 13.5. The van der Waals surface area contributed by atoms with Crippen LogP contribution in [0.5, 0.6) is 0 Å². The van der Waals surface area contributed by atoms with Crippen LogP contribution in [0.4, 0.5) is 4.39 Å². The molecule has 8 heteroatoms. The number of guanidine groups is 1. The lowest BCUT2D eigenvalue weighted by molar-refractivity contribution is -0.125. The molecule has 0 radical (unpaired) electrons. The van der Waals surface area contributed by atoms with Gasteiger partial charge in [0.1, 0.15) is 12.3 Å². The van der Waals surface area contributed by atoms with Crippen LogP contribution in [0.25, 0.3) is 0 Å². The highest BCUT2D eigenvalue weighted by Gasteiger charge is 2.34. The van der Waals surface area contributed by atoms with Crippen LogP contribution < -0.4 is 21.5 Å². The number of hydrogen-bond donors (Lipinski definition) is 4. The molecule has 0 spiro atoms. The first kappa shape index (κ1) is 22.9. The zero-order valence-corrected chi connectivity index (χ0v) is 18.9. The summed E-state index contributed by atoms with van der Waals surface area (Å²) in [6, 6.07) is 0.697. The second-order valence-electron chi connectivity index (χ2n) is 9.96. The molecule has 0 aromatic carbocycles. The van der Waals surface area contributed by atoms with E-state index < -0.39 is 6.17 Å². The van der Waals surface area contributed by atoms with Crippen LogP contribution >= 0.6 is 0 Å². The Morgan fingerprint density at radius 2 is 1.68 bits per heavy atom. The molecule has 4 fully saturated rings. The summed E-state index contributed by atoms with van der Waals surface area (Å²) in [6.07, 6.45) is 12.0. The van der Waals surface area contributed by atoms with Crippen LogP contribution in [-0.2, 0) is 9.53 Å². The predicted molar refractivity (Wildman–Crippen MR) is 119 cm³/mol. The lowest BCUT2D eigenvalue weighted by atomic mass is 9.82. The summed E-state index contributed by atoms with van der Waals surface area (Å²) >= 11 is 0. The van der Waals surface area contributed by atoms with Crippen molar-refractivity contribution in [1.29, 1.82) is 0 Å². The fraction of sp³-hybridized carbons (Fsp3) is 0.913. The number of carbonyl (C=O) groups is 1. The molecule has 0 aromatic rings. The van der Waals surface area contributed by atoms with Gasteiger partial charge in [-0.25, -0.2) is 14.8 Å². The van der Waals surface area contributed by atoms with Crippen molar-refractivity contribution in [2.24, 2.45) is 16.8 Å². The molecule has 1 aliphatic heterocycles.